The van der Waals surface area contributed by atoms with Gasteiger partial charge in [0.05, 0.1) is 18.4 Å². The fraction of sp³-hybridized carbons (Fsp3) is 0.200. The van der Waals surface area contributed by atoms with Crippen molar-refractivity contribution in [3.63, 3.8) is 0 Å². The fourth-order valence-corrected chi connectivity index (χ4v) is 4.58. The van der Waals surface area contributed by atoms with Gasteiger partial charge >= 0.3 is 0 Å². The van der Waals surface area contributed by atoms with Crippen molar-refractivity contribution in [3.05, 3.63) is 90.0 Å². The Morgan fingerprint density at radius 3 is 2.53 bits per heavy atom. The van der Waals surface area contributed by atoms with Gasteiger partial charge in [0.15, 0.2) is 0 Å². The van der Waals surface area contributed by atoms with Gasteiger partial charge in [0.1, 0.15) is 30.0 Å². The summed E-state index contributed by atoms with van der Waals surface area (Å²) in [4.78, 5) is 0. The van der Waals surface area contributed by atoms with Crippen molar-refractivity contribution in [1.29, 1.82) is 0 Å². The number of primary sulfonamides is 1. The van der Waals surface area contributed by atoms with E-state index in [0.29, 0.717) is 24.3 Å². The molecule has 1 heterocycles. The van der Waals surface area contributed by atoms with Crippen molar-refractivity contribution in [3.8, 4) is 28.4 Å². The zero-order chi connectivity index (χ0) is 22.7. The molecule has 1 atom stereocenters. The average molecular weight is 452 g/mol. The summed E-state index contributed by atoms with van der Waals surface area (Å²) >= 11 is 0. The van der Waals surface area contributed by atoms with Crippen LogP contribution >= 0.6 is 0 Å². The van der Waals surface area contributed by atoms with Crippen LogP contribution in [0.4, 0.5) is 0 Å². The molecule has 0 radical (unpaired) electrons. The maximum Gasteiger partial charge on any atom is 0.213 e. The molecule has 4 rings (SSSR count). The number of nitrogens with two attached hydrogens (primary N) is 1. The van der Waals surface area contributed by atoms with Gasteiger partial charge in [-0.2, -0.15) is 0 Å². The number of benzene rings is 3. The van der Waals surface area contributed by atoms with Crippen LogP contribution in [0.15, 0.2) is 73.3 Å². The Hall–Kier alpha value is -3.29. The number of methoxy groups -OCH3 is 1. The van der Waals surface area contributed by atoms with Gasteiger partial charge < -0.3 is 14.2 Å². The smallest absolute Gasteiger partial charge is 0.213 e. The van der Waals surface area contributed by atoms with Gasteiger partial charge in [0, 0.05) is 12.0 Å². The summed E-state index contributed by atoms with van der Waals surface area (Å²) < 4.78 is 40.8. The maximum absolute atomic E-state index is 11.7. The molecule has 1 aliphatic heterocycles. The predicted octanol–water partition coefficient (Wildman–Crippen LogP) is 4.39. The highest BCUT2D eigenvalue weighted by Crippen LogP contribution is 2.48. The lowest BCUT2D eigenvalue weighted by molar-refractivity contribution is 0.201. The molecule has 0 amide bonds. The average Bonchev–Trinajstić information content (AvgIpc) is 2.77. The highest BCUT2D eigenvalue weighted by molar-refractivity contribution is 7.88. The second kappa shape index (κ2) is 9.06. The van der Waals surface area contributed by atoms with Crippen molar-refractivity contribution in [2.45, 2.75) is 18.3 Å². The molecule has 1 aliphatic rings. The van der Waals surface area contributed by atoms with Crippen molar-refractivity contribution in [2.24, 2.45) is 5.14 Å². The van der Waals surface area contributed by atoms with Crippen LogP contribution in [0.2, 0.25) is 0 Å². The zero-order valence-corrected chi connectivity index (χ0v) is 18.6. The third-order valence-corrected chi connectivity index (χ3v) is 6.03. The van der Waals surface area contributed by atoms with E-state index < -0.39 is 10.0 Å². The van der Waals surface area contributed by atoms with Crippen molar-refractivity contribution >= 4 is 10.0 Å². The summed E-state index contributed by atoms with van der Waals surface area (Å²) in [5.74, 6) is 1.96. The van der Waals surface area contributed by atoms with Gasteiger partial charge in [-0.15, -0.1) is 0 Å². The van der Waals surface area contributed by atoms with E-state index in [-0.39, 0.29) is 11.9 Å². The van der Waals surface area contributed by atoms with Gasteiger partial charge in [-0.25, -0.2) is 13.6 Å². The maximum atomic E-state index is 11.7. The molecule has 0 saturated heterocycles. The Labute approximate surface area is 188 Å². The first kappa shape index (κ1) is 21.9. The molecule has 2 N–H and O–H groups in total. The monoisotopic (exact) mass is 451 g/mol. The molecular weight excluding hydrogens is 426 g/mol. The molecule has 7 heteroatoms. The number of sulfonamides is 1. The minimum atomic E-state index is -3.65. The van der Waals surface area contributed by atoms with Gasteiger partial charge in [0.25, 0.3) is 0 Å². The highest BCUT2D eigenvalue weighted by atomic mass is 32.2. The fourth-order valence-electron chi connectivity index (χ4n) is 3.93. The molecule has 32 heavy (non-hydrogen) atoms. The molecule has 0 bridgehead atoms. The first-order chi connectivity index (χ1) is 15.4. The van der Waals surface area contributed by atoms with Crippen LogP contribution in [0, 0.1) is 0 Å². The Morgan fingerprint density at radius 2 is 1.84 bits per heavy atom. The Kier molecular flexibility index (Phi) is 6.21. The summed E-state index contributed by atoms with van der Waals surface area (Å²) in [7, 11) is -2.03. The number of ether oxygens (including phenoxy) is 3. The number of hydrogen-bond donors (Lipinski definition) is 1. The van der Waals surface area contributed by atoms with E-state index in [1.165, 1.54) is 0 Å². The molecule has 3 aromatic rings. The van der Waals surface area contributed by atoms with Crippen LogP contribution in [-0.4, -0.2) is 22.1 Å². The lowest BCUT2D eigenvalue weighted by atomic mass is 9.88. The molecule has 3 aromatic carbocycles. The summed E-state index contributed by atoms with van der Waals surface area (Å²) in [5, 5.41) is 5.28. The molecule has 0 saturated carbocycles. The van der Waals surface area contributed by atoms with Crippen LogP contribution in [0.25, 0.3) is 11.1 Å². The standard InChI is InChI=1S/C25H25NO5S/c1-3-13-30-19-10-7-17(8-11-19)15-24-21-14-18(16-32(26,27)28)9-12-20(21)25-22(29-2)5-4-6-23(25)31-24/h3-12,14,24H,1,13,15-16H2,2H3,(H2,26,27,28). The molecule has 0 aromatic heterocycles. The molecule has 166 valence electrons. The summed E-state index contributed by atoms with van der Waals surface area (Å²) in [5.41, 5.74) is 4.39. The Balaban J connectivity index is 1.72. The zero-order valence-electron chi connectivity index (χ0n) is 17.8. The van der Waals surface area contributed by atoms with E-state index in [0.717, 1.165) is 33.8 Å². The molecular formula is C25H25NO5S. The lowest BCUT2D eigenvalue weighted by Crippen LogP contribution is -2.19. The van der Waals surface area contributed by atoms with E-state index in [4.69, 9.17) is 19.3 Å². The van der Waals surface area contributed by atoms with E-state index in [1.807, 2.05) is 54.6 Å². The molecule has 0 fully saturated rings. The first-order valence-corrected chi connectivity index (χ1v) is 11.9. The van der Waals surface area contributed by atoms with Gasteiger partial charge in [-0.3, -0.25) is 0 Å². The third-order valence-electron chi connectivity index (χ3n) is 5.29. The predicted molar refractivity (Wildman–Crippen MR) is 124 cm³/mol. The lowest BCUT2D eigenvalue weighted by Gasteiger charge is -2.30. The van der Waals surface area contributed by atoms with Crippen LogP contribution in [0.5, 0.6) is 17.2 Å². The minimum absolute atomic E-state index is 0.235. The normalized spacial score (nSPS) is 14.6. The summed E-state index contributed by atoms with van der Waals surface area (Å²) in [6, 6.07) is 19.1. The quantitative estimate of drug-likeness (QED) is 0.513. The largest absolute Gasteiger partial charge is 0.496 e. The second-order valence-corrected chi connectivity index (χ2v) is 9.23. The number of rotatable bonds is 8. The molecule has 0 spiro atoms. The van der Waals surface area contributed by atoms with E-state index >= 15 is 0 Å². The van der Waals surface area contributed by atoms with Crippen molar-refractivity contribution < 1.29 is 22.6 Å². The highest BCUT2D eigenvalue weighted by Gasteiger charge is 2.29. The molecule has 0 aliphatic carbocycles. The minimum Gasteiger partial charge on any atom is -0.496 e. The van der Waals surface area contributed by atoms with Crippen LogP contribution in [0.1, 0.15) is 22.8 Å². The van der Waals surface area contributed by atoms with Crippen LogP contribution in [-0.2, 0) is 22.2 Å². The van der Waals surface area contributed by atoms with Crippen LogP contribution < -0.4 is 19.3 Å². The van der Waals surface area contributed by atoms with E-state index in [9.17, 15) is 8.42 Å². The SMILES string of the molecule is C=CCOc1ccc(CC2Oc3cccc(OC)c3-c3ccc(CS(N)(=O)=O)cc32)cc1. The van der Waals surface area contributed by atoms with Gasteiger partial charge in [0.2, 0.25) is 10.0 Å². The first-order valence-electron chi connectivity index (χ1n) is 10.2. The molecule has 6 nitrogen and oxygen atoms in total. The number of hydrogen-bond acceptors (Lipinski definition) is 5. The topological polar surface area (TPSA) is 87.8 Å². The number of fused-ring (bicyclic) bond motifs is 3. The van der Waals surface area contributed by atoms with Crippen molar-refractivity contribution in [2.75, 3.05) is 13.7 Å². The second-order valence-electron chi connectivity index (χ2n) is 7.62. The summed E-state index contributed by atoms with van der Waals surface area (Å²) in [6.07, 6.45) is 2.00. The Morgan fingerprint density at radius 1 is 1.09 bits per heavy atom. The van der Waals surface area contributed by atoms with Gasteiger partial charge in [-0.1, -0.05) is 49.1 Å². The summed E-state index contributed by atoms with van der Waals surface area (Å²) in [6.45, 7) is 4.10. The molecule has 1 unspecified atom stereocenters. The third kappa shape index (κ3) is 4.79. The Bertz CT molecular complexity index is 1240. The van der Waals surface area contributed by atoms with E-state index in [1.54, 1.807) is 19.3 Å². The van der Waals surface area contributed by atoms with Gasteiger partial charge in [-0.05, 0) is 41.0 Å². The van der Waals surface area contributed by atoms with E-state index in [2.05, 4.69) is 6.58 Å². The van der Waals surface area contributed by atoms with Crippen LogP contribution in [0.3, 0.4) is 0 Å². The van der Waals surface area contributed by atoms with Crippen molar-refractivity contribution in [1.82, 2.24) is 0 Å².